The van der Waals surface area contributed by atoms with Crippen LogP contribution in [0.15, 0.2) is 0 Å². The van der Waals surface area contributed by atoms with Gasteiger partial charge < -0.3 is 5.11 Å². The van der Waals surface area contributed by atoms with E-state index in [1.54, 1.807) is 0 Å². The Morgan fingerprint density at radius 2 is 2.20 bits per heavy atom. The summed E-state index contributed by atoms with van der Waals surface area (Å²) in [7, 11) is 0. The van der Waals surface area contributed by atoms with Crippen molar-refractivity contribution < 1.29 is 9.90 Å². The lowest BCUT2D eigenvalue weighted by Crippen LogP contribution is -2.13. The van der Waals surface area contributed by atoms with Crippen LogP contribution in [0.25, 0.3) is 0 Å². The van der Waals surface area contributed by atoms with Crippen LogP contribution in [0.5, 0.6) is 0 Å². The monoisotopic (exact) mass is 142 g/mol. The summed E-state index contributed by atoms with van der Waals surface area (Å²) in [6.45, 7) is 2.10. The highest BCUT2D eigenvalue weighted by atomic mass is 16.4. The molecule has 1 fully saturated rings. The molecule has 1 aliphatic rings. The Labute approximate surface area is 61.2 Å². The van der Waals surface area contributed by atoms with Gasteiger partial charge in [0, 0.05) is 0 Å². The molecule has 10 heavy (non-hydrogen) atoms. The molecule has 0 spiro atoms. The molecule has 1 aliphatic carbocycles. The van der Waals surface area contributed by atoms with Crippen LogP contribution in [0.2, 0.25) is 0 Å². The maximum Gasteiger partial charge on any atom is 0.309 e. The summed E-state index contributed by atoms with van der Waals surface area (Å²) in [5, 5.41) is 8.73. The average Bonchev–Trinajstić information content (AvgIpc) is 2.64. The Balaban J connectivity index is 2.31. The molecule has 0 radical (unpaired) electrons. The molecule has 0 atom stereocenters. The van der Waals surface area contributed by atoms with Crippen molar-refractivity contribution in [2.75, 3.05) is 0 Å². The number of hydrogen-bond donors (Lipinski definition) is 1. The molecule has 1 N–H and O–H groups in total. The SMILES string of the molecule is CCCCC1(C(=O)O)CC1. The molecule has 1 rings (SSSR count). The van der Waals surface area contributed by atoms with Crippen LogP contribution >= 0.6 is 0 Å². The summed E-state index contributed by atoms with van der Waals surface area (Å²) in [5.74, 6) is -0.582. The lowest BCUT2D eigenvalue weighted by molar-refractivity contribution is -0.143. The van der Waals surface area contributed by atoms with Crippen molar-refractivity contribution in [3.8, 4) is 0 Å². The maximum absolute atomic E-state index is 10.6. The molecule has 0 amide bonds. The van der Waals surface area contributed by atoms with Gasteiger partial charge in [0.1, 0.15) is 0 Å². The van der Waals surface area contributed by atoms with Gasteiger partial charge in [-0.05, 0) is 19.3 Å². The Morgan fingerprint density at radius 1 is 1.60 bits per heavy atom. The molecule has 58 valence electrons. The molecular weight excluding hydrogens is 128 g/mol. The van der Waals surface area contributed by atoms with Gasteiger partial charge in [0.05, 0.1) is 5.41 Å². The number of aliphatic carboxylic acids is 1. The fourth-order valence-corrected chi connectivity index (χ4v) is 1.24. The first kappa shape index (κ1) is 7.58. The zero-order valence-corrected chi connectivity index (χ0v) is 6.39. The molecule has 0 aliphatic heterocycles. The molecule has 0 aromatic carbocycles. The van der Waals surface area contributed by atoms with E-state index in [4.69, 9.17) is 5.11 Å². The lowest BCUT2D eigenvalue weighted by atomic mass is 10.00. The van der Waals surface area contributed by atoms with E-state index in [9.17, 15) is 4.79 Å². The fourth-order valence-electron chi connectivity index (χ4n) is 1.24. The molecule has 0 bridgehead atoms. The van der Waals surface area contributed by atoms with E-state index in [0.717, 1.165) is 32.1 Å². The van der Waals surface area contributed by atoms with Crippen LogP contribution in [0.3, 0.4) is 0 Å². The topological polar surface area (TPSA) is 37.3 Å². The van der Waals surface area contributed by atoms with Crippen molar-refractivity contribution in [2.24, 2.45) is 5.41 Å². The van der Waals surface area contributed by atoms with Crippen LogP contribution in [0, 0.1) is 5.41 Å². The minimum absolute atomic E-state index is 0.282. The van der Waals surface area contributed by atoms with Gasteiger partial charge in [-0.15, -0.1) is 0 Å². The minimum atomic E-state index is -0.582. The third-order valence-corrected chi connectivity index (χ3v) is 2.32. The van der Waals surface area contributed by atoms with Gasteiger partial charge >= 0.3 is 5.97 Å². The summed E-state index contributed by atoms with van der Waals surface area (Å²) in [6, 6.07) is 0. The Bertz CT molecular complexity index is 136. The molecule has 0 heterocycles. The average molecular weight is 142 g/mol. The molecule has 0 aromatic rings. The zero-order valence-electron chi connectivity index (χ0n) is 6.39. The normalized spacial score (nSPS) is 20.5. The van der Waals surface area contributed by atoms with Gasteiger partial charge in [-0.1, -0.05) is 19.8 Å². The highest BCUT2D eigenvalue weighted by molar-refractivity contribution is 5.77. The van der Waals surface area contributed by atoms with Crippen molar-refractivity contribution in [2.45, 2.75) is 39.0 Å². The van der Waals surface area contributed by atoms with Crippen LogP contribution in [0.4, 0.5) is 0 Å². The Morgan fingerprint density at radius 3 is 2.50 bits per heavy atom. The second-order valence-corrected chi connectivity index (χ2v) is 3.19. The standard InChI is InChI=1S/C8H14O2/c1-2-3-4-8(5-6-8)7(9)10/h2-6H2,1H3,(H,9,10). The van der Waals surface area contributed by atoms with E-state index in [-0.39, 0.29) is 5.41 Å². The quantitative estimate of drug-likeness (QED) is 0.652. The van der Waals surface area contributed by atoms with Gasteiger partial charge in [-0.25, -0.2) is 0 Å². The van der Waals surface area contributed by atoms with Gasteiger partial charge in [-0.3, -0.25) is 4.79 Å². The molecule has 1 saturated carbocycles. The number of hydrogen-bond acceptors (Lipinski definition) is 1. The van der Waals surface area contributed by atoms with Crippen molar-refractivity contribution >= 4 is 5.97 Å². The van der Waals surface area contributed by atoms with Crippen molar-refractivity contribution in [1.29, 1.82) is 0 Å². The van der Waals surface area contributed by atoms with Gasteiger partial charge in [-0.2, -0.15) is 0 Å². The van der Waals surface area contributed by atoms with E-state index >= 15 is 0 Å². The molecule has 2 heteroatoms. The second kappa shape index (κ2) is 2.60. The minimum Gasteiger partial charge on any atom is -0.481 e. The van der Waals surface area contributed by atoms with Crippen LogP contribution in [-0.4, -0.2) is 11.1 Å². The first-order valence-corrected chi connectivity index (χ1v) is 3.95. The van der Waals surface area contributed by atoms with E-state index in [2.05, 4.69) is 6.92 Å². The van der Waals surface area contributed by atoms with Crippen LogP contribution in [-0.2, 0) is 4.79 Å². The molecule has 2 nitrogen and oxygen atoms in total. The molecular formula is C8H14O2. The van der Waals surface area contributed by atoms with Crippen molar-refractivity contribution in [3.63, 3.8) is 0 Å². The Hall–Kier alpha value is -0.530. The number of unbranched alkanes of at least 4 members (excludes halogenated alkanes) is 1. The zero-order chi connectivity index (χ0) is 7.61. The summed E-state index contributed by atoms with van der Waals surface area (Å²) < 4.78 is 0. The molecule has 0 aromatic heterocycles. The summed E-state index contributed by atoms with van der Waals surface area (Å²) >= 11 is 0. The van der Waals surface area contributed by atoms with Crippen LogP contribution < -0.4 is 0 Å². The fraction of sp³-hybridized carbons (Fsp3) is 0.875. The van der Waals surface area contributed by atoms with Crippen molar-refractivity contribution in [3.05, 3.63) is 0 Å². The predicted molar refractivity (Wildman–Crippen MR) is 38.8 cm³/mol. The largest absolute Gasteiger partial charge is 0.481 e. The number of rotatable bonds is 4. The highest BCUT2D eigenvalue weighted by Crippen LogP contribution is 2.49. The molecule has 0 saturated heterocycles. The summed E-state index contributed by atoms with van der Waals surface area (Å²) in [4.78, 5) is 10.6. The van der Waals surface area contributed by atoms with E-state index in [0.29, 0.717) is 0 Å². The van der Waals surface area contributed by atoms with Gasteiger partial charge in [0.25, 0.3) is 0 Å². The number of carboxylic acids is 1. The second-order valence-electron chi connectivity index (χ2n) is 3.19. The number of carboxylic acid groups (broad SMARTS) is 1. The molecule has 0 unspecified atom stereocenters. The first-order valence-electron chi connectivity index (χ1n) is 3.95. The third-order valence-electron chi connectivity index (χ3n) is 2.32. The van der Waals surface area contributed by atoms with Crippen molar-refractivity contribution in [1.82, 2.24) is 0 Å². The van der Waals surface area contributed by atoms with E-state index in [1.807, 2.05) is 0 Å². The third kappa shape index (κ3) is 1.31. The smallest absolute Gasteiger partial charge is 0.309 e. The number of carbonyl (C=O) groups is 1. The first-order chi connectivity index (χ1) is 4.71. The lowest BCUT2D eigenvalue weighted by Gasteiger charge is -2.06. The van der Waals surface area contributed by atoms with Crippen LogP contribution in [0.1, 0.15) is 39.0 Å². The predicted octanol–water partition coefficient (Wildman–Crippen LogP) is 2.04. The van der Waals surface area contributed by atoms with Gasteiger partial charge in [0.15, 0.2) is 0 Å². The van der Waals surface area contributed by atoms with E-state index in [1.165, 1.54) is 0 Å². The summed E-state index contributed by atoms with van der Waals surface area (Å²) in [5.41, 5.74) is -0.282. The Kier molecular flexibility index (Phi) is 1.97. The highest BCUT2D eigenvalue weighted by Gasteiger charge is 2.49. The van der Waals surface area contributed by atoms with E-state index < -0.39 is 5.97 Å². The summed E-state index contributed by atoms with van der Waals surface area (Å²) in [6.07, 6.45) is 4.87. The van der Waals surface area contributed by atoms with Gasteiger partial charge in [0.2, 0.25) is 0 Å². The maximum atomic E-state index is 10.6.